The predicted octanol–water partition coefficient (Wildman–Crippen LogP) is 0.985. The molecule has 4 N–H and O–H groups in total. The minimum absolute atomic E-state index is 0.0427. The van der Waals surface area contributed by atoms with Crippen molar-refractivity contribution < 1.29 is 14.3 Å². The Hall–Kier alpha value is -2.95. The summed E-state index contributed by atoms with van der Waals surface area (Å²) in [7, 11) is 0. The molecule has 154 valence electrons. The van der Waals surface area contributed by atoms with E-state index in [1.165, 1.54) is 27.2 Å². The Labute approximate surface area is 182 Å². The number of aromatic nitrogens is 1. The lowest BCUT2D eigenvalue weighted by molar-refractivity contribution is -0.138. The van der Waals surface area contributed by atoms with E-state index in [1.807, 2.05) is 29.0 Å². The molecule has 10 heteroatoms. The summed E-state index contributed by atoms with van der Waals surface area (Å²) < 4.78 is 7.12. The number of hydrogen-bond donors (Lipinski definition) is 2. The van der Waals surface area contributed by atoms with Crippen molar-refractivity contribution in [3.05, 3.63) is 69.9 Å². The van der Waals surface area contributed by atoms with Crippen LogP contribution in [0, 0.1) is 0 Å². The first-order valence-electron chi connectivity index (χ1n) is 8.95. The number of ether oxygens (including phenoxy) is 1. The number of esters is 1. The highest BCUT2D eigenvalue weighted by Gasteiger charge is 2.39. The van der Waals surface area contributed by atoms with E-state index in [9.17, 15) is 14.4 Å². The molecule has 0 unspecified atom stereocenters. The SMILES string of the molecule is CCOC(=O)C1=C(N)n2c(s/c(=C\c3cccs3)c2=O)=C(C(N)=O)[C@H]1c1cccs1. The molecule has 0 aliphatic carbocycles. The number of primary amides is 1. The molecule has 7 nitrogen and oxygen atoms in total. The van der Waals surface area contributed by atoms with Crippen LogP contribution < -0.4 is 26.2 Å². The van der Waals surface area contributed by atoms with Crippen molar-refractivity contribution >= 4 is 63.4 Å². The van der Waals surface area contributed by atoms with E-state index in [1.54, 1.807) is 19.1 Å². The van der Waals surface area contributed by atoms with E-state index in [2.05, 4.69) is 0 Å². The molecule has 30 heavy (non-hydrogen) atoms. The van der Waals surface area contributed by atoms with Gasteiger partial charge in [-0.15, -0.1) is 34.0 Å². The number of rotatable bonds is 5. The van der Waals surface area contributed by atoms with Gasteiger partial charge in [-0.2, -0.15) is 0 Å². The number of carbonyl (C=O) groups is 2. The molecule has 3 aromatic rings. The summed E-state index contributed by atoms with van der Waals surface area (Å²) in [5.41, 5.74) is 11.9. The van der Waals surface area contributed by atoms with Gasteiger partial charge in [-0.3, -0.25) is 14.2 Å². The lowest BCUT2D eigenvalue weighted by Crippen LogP contribution is -2.42. The Morgan fingerprint density at radius 2 is 1.93 bits per heavy atom. The monoisotopic (exact) mass is 459 g/mol. The van der Waals surface area contributed by atoms with Gasteiger partial charge in [0.1, 0.15) is 10.5 Å². The van der Waals surface area contributed by atoms with Crippen molar-refractivity contribution in [2.45, 2.75) is 12.8 Å². The van der Waals surface area contributed by atoms with Crippen LogP contribution in [0.25, 0.3) is 17.5 Å². The first kappa shape index (κ1) is 20.3. The number of nitrogens with two attached hydrogens (primary N) is 2. The molecule has 0 saturated heterocycles. The average molecular weight is 460 g/mol. The van der Waals surface area contributed by atoms with Crippen molar-refractivity contribution in [3.8, 4) is 0 Å². The van der Waals surface area contributed by atoms with Gasteiger partial charge in [-0.05, 0) is 35.9 Å². The summed E-state index contributed by atoms with van der Waals surface area (Å²) >= 11 is 3.98. The molecule has 0 spiro atoms. The van der Waals surface area contributed by atoms with Crippen LogP contribution in [0.4, 0.5) is 0 Å². The van der Waals surface area contributed by atoms with Crippen LogP contribution in [0.2, 0.25) is 0 Å². The van der Waals surface area contributed by atoms with Crippen molar-refractivity contribution in [1.29, 1.82) is 0 Å². The molecule has 0 radical (unpaired) electrons. The first-order valence-corrected chi connectivity index (χ1v) is 11.5. The fraction of sp³-hybridized carbons (Fsp3) is 0.150. The third-order valence-electron chi connectivity index (χ3n) is 4.55. The molecule has 1 atom stereocenters. The van der Waals surface area contributed by atoms with Gasteiger partial charge in [0.25, 0.3) is 5.56 Å². The first-order chi connectivity index (χ1) is 14.4. The van der Waals surface area contributed by atoms with Crippen LogP contribution in [0.1, 0.15) is 22.6 Å². The highest BCUT2D eigenvalue weighted by atomic mass is 32.1. The normalized spacial score (nSPS) is 16.6. The minimum atomic E-state index is -0.797. The Balaban J connectivity index is 2.11. The Bertz CT molecular complexity index is 1330. The second-order valence-electron chi connectivity index (χ2n) is 6.32. The van der Waals surface area contributed by atoms with E-state index < -0.39 is 23.4 Å². The van der Waals surface area contributed by atoms with Crippen LogP contribution in [0.15, 0.2) is 45.4 Å². The van der Waals surface area contributed by atoms with Crippen LogP contribution in [-0.4, -0.2) is 23.1 Å². The maximum Gasteiger partial charge on any atom is 0.338 e. The highest BCUT2D eigenvalue weighted by Crippen LogP contribution is 2.38. The van der Waals surface area contributed by atoms with Crippen molar-refractivity contribution in [2.75, 3.05) is 6.61 Å². The third kappa shape index (κ3) is 3.32. The molecule has 0 bridgehead atoms. The van der Waals surface area contributed by atoms with Crippen molar-refractivity contribution in [1.82, 2.24) is 4.57 Å². The summed E-state index contributed by atoms with van der Waals surface area (Å²) in [5, 5.41) is 3.73. The van der Waals surface area contributed by atoms with Gasteiger partial charge in [0.05, 0.1) is 28.2 Å². The topological polar surface area (TPSA) is 117 Å². The molecule has 0 saturated carbocycles. The van der Waals surface area contributed by atoms with Crippen molar-refractivity contribution in [3.63, 3.8) is 0 Å². The molecule has 0 fully saturated rings. The number of fused-ring (bicyclic) bond motifs is 1. The molecule has 1 aliphatic heterocycles. The summed E-state index contributed by atoms with van der Waals surface area (Å²) in [4.78, 5) is 40.1. The van der Waals surface area contributed by atoms with Gasteiger partial charge in [-0.25, -0.2) is 4.79 Å². The summed E-state index contributed by atoms with van der Waals surface area (Å²) in [6, 6.07) is 7.36. The Kier molecular flexibility index (Phi) is 5.46. The van der Waals surface area contributed by atoms with E-state index in [0.717, 1.165) is 16.2 Å². The summed E-state index contributed by atoms with van der Waals surface area (Å²) in [6.07, 6.45) is 1.74. The fourth-order valence-corrected chi connectivity index (χ4v) is 6.09. The molecular weight excluding hydrogens is 442 g/mol. The summed E-state index contributed by atoms with van der Waals surface area (Å²) in [6.45, 7) is 1.80. The lowest BCUT2D eigenvalue weighted by Gasteiger charge is -2.25. The zero-order chi connectivity index (χ0) is 21.4. The molecule has 1 aliphatic rings. The van der Waals surface area contributed by atoms with Crippen LogP contribution in [-0.2, 0) is 14.3 Å². The standard InChI is InChI=1S/C20H17N3O4S3/c1-2-27-20(26)14-13(11-6-4-8-29-11)15(17(22)24)19-23(16(14)21)18(25)12(30-19)9-10-5-3-7-28-10/h3-9,13H,2,21H2,1H3,(H2,22,24)/b12-9-/t13-/m0/s1. The quantitative estimate of drug-likeness (QED) is 0.552. The Morgan fingerprint density at radius 3 is 2.53 bits per heavy atom. The van der Waals surface area contributed by atoms with Crippen LogP contribution >= 0.6 is 34.0 Å². The molecule has 4 heterocycles. The zero-order valence-corrected chi connectivity index (χ0v) is 18.2. The number of amides is 1. The number of nitrogens with zero attached hydrogens (tertiary/aromatic N) is 1. The van der Waals surface area contributed by atoms with Crippen LogP contribution in [0.5, 0.6) is 0 Å². The predicted molar refractivity (Wildman–Crippen MR) is 119 cm³/mol. The molecule has 1 amide bonds. The fourth-order valence-electron chi connectivity index (χ4n) is 3.34. The largest absolute Gasteiger partial charge is 0.463 e. The van der Waals surface area contributed by atoms with Gasteiger partial charge < -0.3 is 16.2 Å². The number of carbonyl (C=O) groups excluding carboxylic acids is 2. The smallest absolute Gasteiger partial charge is 0.338 e. The van der Waals surface area contributed by atoms with Gasteiger partial charge >= 0.3 is 5.97 Å². The maximum absolute atomic E-state index is 13.2. The number of hydrogen-bond acceptors (Lipinski definition) is 8. The number of thiophene rings is 2. The second kappa shape index (κ2) is 8.05. The summed E-state index contributed by atoms with van der Waals surface area (Å²) in [5.74, 6) is -2.24. The van der Waals surface area contributed by atoms with Gasteiger partial charge in [0.15, 0.2) is 0 Å². The maximum atomic E-state index is 13.2. The van der Waals surface area contributed by atoms with E-state index >= 15 is 0 Å². The third-order valence-corrected chi connectivity index (χ3v) is 7.42. The highest BCUT2D eigenvalue weighted by molar-refractivity contribution is 7.11. The number of thiazole rings is 1. The molecular formula is C20H17N3O4S3. The van der Waals surface area contributed by atoms with Gasteiger partial charge in [0.2, 0.25) is 5.91 Å². The van der Waals surface area contributed by atoms with E-state index in [4.69, 9.17) is 16.2 Å². The zero-order valence-electron chi connectivity index (χ0n) is 15.8. The van der Waals surface area contributed by atoms with Crippen molar-refractivity contribution in [2.24, 2.45) is 11.5 Å². The van der Waals surface area contributed by atoms with E-state index in [-0.39, 0.29) is 23.6 Å². The average Bonchev–Trinajstić information content (AvgIpc) is 3.44. The lowest BCUT2D eigenvalue weighted by atomic mass is 9.87. The Morgan fingerprint density at radius 1 is 1.20 bits per heavy atom. The van der Waals surface area contributed by atoms with Gasteiger partial charge in [-0.1, -0.05) is 12.1 Å². The molecule has 4 rings (SSSR count). The minimum Gasteiger partial charge on any atom is -0.463 e. The van der Waals surface area contributed by atoms with E-state index in [0.29, 0.717) is 14.1 Å². The molecule has 0 aromatic carbocycles. The second-order valence-corrected chi connectivity index (χ2v) is 9.31. The molecule has 3 aromatic heterocycles. The van der Waals surface area contributed by atoms with Gasteiger partial charge in [0, 0.05) is 9.75 Å². The van der Waals surface area contributed by atoms with Crippen LogP contribution in [0.3, 0.4) is 0 Å².